The van der Waals surface area contributed by atoms with Crippen LogP contribution in [-0.4, -0.2) is 55.2 Å². The predicted octanol–water partition coefficient (Wildman–Crippen LogP) is 2.39. The molecule has 2 saturated heterocycles. The Morgan fingerprint density at radius 2 is 1.65 bits per heavy atom. The summed E-state index contributed by atoms with van der Waals surface area (Å²) in [5.74, 6) is 0.639. The SMILES string of the molecule is CC(C)(C)Oc1ncc(B2OC(C)(C)C(C)(C)O2)cc1N1CCOCC1. The molecule has 3 rings (SSSR count). The molecule has 3 heterocycles. The van der Waals surface area contributed by atoms with Crippen LogP contribution in [0.1, 0.15) is 48.5 Å². The Labute approximate surface area is 157 Å². The van der Waals surface area contributed by atoms with Gasteiger partial charge in [-0.25, -0.2) is 4.98 Å². The Kier molecular flexibility index (Phi) is 5.01. The third kappa shape index (κ3) is 4.00. The topological polar surface area (TPSA) is 53.0 Å². The molecule has 0 N–H and O–H groups in total. The van der Waals surface area contributed by atoms with E-state index < -0.39 is 7.12 Å². The molecule has 0 radical (unpaired) electrons. The van der Waals surface area contributed by atoms with Crippen molar-refractivity contribution in [2.45, 2.75) is 65.3 Å². The van der Waals surface area contributed by atoms with Crippen molar-refractivity contribution in [3.05, 3.63) is 12.3 Å². The number of morpholine rings is 1. The molecule has 1 aromatic heterocycles. The molecule has 0 unspecified atom stereocenters. The highest BCUT2D eigenvalue weighted by Crippen LogP contribution is 2.37. The third-order valence-corrected chi connectivity index (χ3v) is 5.13. The Morgan fingerprint density at radius 1 is 1.08 bits per heavy atom. The average Bonchev–Trinajstić information content (AvgIpc) is 2.75. The smallest absolute Gasteiger partial charge is 0.470 e. The highest BCUT2D eigenvalue weighted by atomic mass is 16.7. The summed E-state index contributed by atoms with van der Waals surface area (Å²) in [5, 5.41) is 0. The van der Waals surface area contributed by atoms with Gasteiger partial charge < -0.3 is 23.7 Å². The molecule has 1 aromatic rings. The van der Waals surface area contributed by atoms with Crippen LogP contribution in [0.3, 0.4) is 0 Å². The van der Waals surface area contributed by atoms with Crippen LogP contribution in [0.15, 0.2) is 12.3 Å². The zero-order valence-electron chi connectivity index (χ0n) is 17.1. The van der Waals surface area contributed by atoms with Crippen molar-refractivity contribution in [2.75, 3.05) is 31.2 Å². The highest BCUT2D eigenvalue weighted by Gasteiger charge is 2.52. The van der Waals surface area contributed by atoms with Crippen LogP contribution in [-0.2, 0) is 14.0 Å². The first-order valence-electron chi connectivity index (χ1n) is 9.36. The molecule has 0 spiro atoms. The van der Waals surface area contributed by atoms with Crippen LogP contribution in [0.2, 0.25) is 0 Å². The summed E-state index contributed by atoms with van der Waals surface area (Å²) in [6.45, 7) is 17.3. The summed E-state index contributed by atoms with van der Waals surface area (Å²) in [6.07, 6.45) is 1.80. The number of hydrogen-bond donors (Lipinski definition) is 0. The first-order valence-corrected chi connectivity index (χ1v) is 9.36. The van der Waals surface area contributed by atoms with Crippen molar-refractivity contribution in [3.8, 4) is 5.88 Å². The third-order valence-electron chi connectivity index (χ3n) is 5.13. The molecular formula is C19H31BN2O4. The molecule has 144 valence electrons. The van der Waals surface area contributed by atoms with E-state index in [-0.39, 0.29) is 16.8 Å². The van der Waals surface area contributed by atoms with Crippen molar-refractivity contribution in [3.63, 3.8) is 0 Å². The van der Waals surface area contributed by atoms with Crippen LogP contribution < -0.4 is 15.1 Å². The van der Waals surface area contributed by atoms with Crippen LogP contribution in [0.25, 0.3) is 0 Å². The number of ether oxygens (including phenoxy) is 2. The Morgan fingerprint density at radius 3 is 2.19 bits per heavy atom. The molecule has 2 aliphatic heterocycles. The molecule has 0 saturated carbocycles. The molecule has 0 aromatic carbocycles. The lowest BCUT2D eigenvalue weighted by Crippen LogP contribution is -2.41. The van der Waals surface area contributed by atoms with Gasteiger partial charge in [0.2, 0.25) is 5.88 Å². The molecule has 6 nitrogen and oxygen atoms in total. The van der Waals surface area contributed by atoms with Gasteiger partial charge in [0.05, 0.1) is 30.1 Å². The number of anilines is 1. The summed E-state index contributed by atoms with van der Waals surface area (Å²) in [7, 11) is -0.434. The van der Waals surface area contributed by atoms with Gasteiger partial charge in [0.1, 0.15) is 5.60 Å². The fourth-order valence-corrected chi connectivity index (χ4v) is 2.96. The van der Waals surface area contributed by atoms with Gasteiger partial charge >= 0.3 is 7.12 Å². The molecule has 0 bridgehead atoms. The van der Waals surface area contributed by atoms with E-state index in [9.17, 15) is 0 Å². The summed E-state index contributed by atoms with van der Waals surface area (Å²) in [6, 6.07) is 2.08. The van der Waals surface area contributed by atoms with E-state index >= 15 is 0 Å². The minimum atomic E-state index is -0.434. The lowest BCUT2D eigenvalue weighted by atomic mass is 9.80. The molecule has 7 heteroatoms. The number of rotatable bonds is 3. The zero-order valence-corrected chi connectivity index (χ0v) is 17.1. The normalized spacial score (nSPS) is 22.6. The molecule has 2 fully saturated rings. The second-order valence-electron chi connectivity index (χ2n) is 9.00. The van der Waals surface area contributed by atoms with Gasteiger partial charge in [0.15, 0.2) is 0 Å². The molecule has 0 atom stereocenters. The van der Waals surface area contributed by atoms with Crippen LogP contribution in [0.5, 0.6) is 5.88 Å². The van der Waals surface area contributed by atoms with Crippen molar-refractivity contribution in [1.82, 2.24) is 4.98 Å². The van der Waals surface area contributed by atoms with E-state index in [2.05, 4.69) is 43.6 Å². The van der Waals surface area contributed by atoms with Gasteiger partial charge in [-0.1, -0.05) is 0 Å². The molecule has 2 aliphatic rings. The average molecular weight is 362 g/mol. The summed E-state index contributed by atoms with van der Waals surface area (Å²) < 4.78 is 24.0. The van der Waals surface area contributed by atoms with Crippen LogP contribution in [0, 0.1) is 0 Å². The largest absolute Gasteiger partial charge is 0.496 e. The minimum Gasteiger partial charge on any atom is -0.470 e. The van der Waals surface area contributed by atoms with Crippen LogP contribution in [0.4, 0.5) is 5.69 Å². The lowest BCUT2D eigenvalue weighted by molar-refractivity contribution is 0.00578. The lowest BCUT2D eigenvalue weighted by Gasteiger charge is -2.32. The number of pyridine rings is 1. The van der Waals surface area contributed by atoms with Crippen molar-refractivity contribution in [2.24, 2.45) is 0 Å². The quantitative estimate of drug-likeness (QED) is 0.770. The molecular weight excluding hydrogens is 331 g/mol. The van der Waals surface area contributed by atoms with Gasteiger partial charge in [0, 0.05) is 24.7 Å². The fraction of sp³-hybridized carbons (Fsp3) is 0.737. The van der Waals surface area contributed by atoms with Crippen molar-refractivity contribution < 1.29 is 18.8 Å². The monoisotopic (exact) mass is 362 g/mol. The standard InChI is InChI=1S/C19H31BN2O4/c1-17(2,3)24-16-15(22-8-10-23-11-9-22)12-14(13-21-16)20-25-18(4,5)19(6,7)26-20/h12-13H,8-11H2,1-7H3. The second-order valence-corrected chi connectivity index (χ2v) is 9.00. The Balaban J connectivity index is 1.93. The number of hydrogen-bond acceptors (Lipinski definition) is 6. The van der Waals surface area contributed by atoms with E-state index in [1.54, 1.807) is 6.20 Å². The Bertz CT molecular complexity index is 635. The first-order chi connectivity index (χ1) is 12.0. The van der Waals surface area contributed by atoms with E-state index in [0.29, 0.717) is 19.1 Å². The maximum Gasteiger partial charge on any atom is 0.496 e. The van der Waals surface area contributed by atoms with Gasteiger partial charge in [-0.2, -0.15) is 0 Å². The summed E-state index contributed by atoms with van der Waals surface area (Å²) >= 11 is 0. The van der Waals surface area contributed by atoms with Crippen molar-refractivity contribution >= 4 is 18.3 Å². The van der Waals surface area contributed by atoms with E-state index in [4.69, 9.17) is 18.8 Å². The fourth-order valence-electron chi connectivity index (χ4n) is 2.96. The Hall–Kier alpha value is -1.31. The van der Waals surface area contributed by atoms with E-state index in [1.807, 2.05) is 20.8 Å². The number of nitrogens with zero attached hydrogens (tertiary/aromatic N) is 2. The molecule has 0 aliphatic carbocycles. The van der Waals surface area contributed by atoms with E-state index in [1.165, 1.54) is 0 Å². The maximum atomic E-state index is 6.19. The van der Waals surface area contributed by atoms with Crippen molar-refractivity contribution in [1.29, 1.82) is 0 Å². The minimum absolute atomic E-state index is 0.320. The van der Waals surface area contributed by atoms with Gasteiger partial charge in [0.25, 0.3) is 0 Å². The van der Waals surface area contributed by atoms with Gasteiger partial charge in [-0.15, -0.1) is 0 Å². The molecule has 0 amide bonds. The first kappa shape index (κ1) is 19.5. The number of aromatic nitrogens is 1. The summed E-state index contributed by atoms with van der Waals surface area (Å²) in [5.41, 5.74) is 0.802. The van der Waals surface area contributed by atoms with Gasteiger partial charge in [-0.3, -0.25) is 0 Å². The zero-order chi connectivity index (χ0) is 19.2. The predicted molar refractivity (Wildman–Crippen MR) is 103 cm³/mol. The van der Waals surface area contributed by atoms with Gasteiger partial charge in [-0.05, 0) is 54.5 Å². The maximum absolute atomic E-state index is 6.19. The summed E-state index contributed by atoms with van der Waals surface area (Å²) in [4.78, 5) is 6.87. The van der Waals surface area contributed by atoms with Crippen LogP contribution >= 0.6 is 0 Å². The van der Waals surface area contributed by atoms with E-state index in [0.717, 1.165) is 24.2 Å². The second kappa shape index (κ2) is 6.70. The molecule has 26 heavy (non-hydrogen) atoms. The highest BCUT2D eigenvalue weighted by molar-refractivity contribution is 6.62.